The van der Waals surface area contributed by atoms with Crippen molar-refractivity contribution in [2.45, 2.75) is 38.8 Å². The molecule has 0 bridgehead atoms. The lowest BCUT2D eigenvalue weighted by molar-refractivity contribution is -0.143. The van der Waals surface area contributed by atoms with E-state index in [2.05, 4.69) is 10.2 Å². The van der Waals surface area contributed by atoms with E-state index < -0.39 is 0 Å². The van der Waals surface area contributed by atoms with Gasteiger partial charge in [-0.05, 0) is 25.0 Å². The molecule has 26 heavy (non-hydrogen) atoms. The number of carbonyl (C=O) groups excluding carboxylic acids is 2. The number of hydrogen-bond acceptors (Lipinski definition) is 3. The summed E-state index contributed by atoms with van der Waals surface area (Å²) < 4.78 is 0. The number of fused-ring (bicyclic) bond motifs is 1. The summed E-state index contributed by atoms with van der Waals surface area (Å²) in [6.45, 7) is 3.38. The van der Waals surface area contributed by atoms with Crippen LogP contribution in [0.5, 0.6) is 0 Å². The molecule has 7 heteroatoms. The number of amides is 2. The Morgan fingerprint density at radius 1 is 1.23 bits per heavy atom. The van der Waals surface area contributed by atoms with E-state index in [1.54, 1.807) is 4.90 Å². The number of H-pyrrole nitrogens is 1. The van der Waals surface area contributed by atoms with Gasteiger partial charge in [-0.3, -0.25) is 14.7 Å². The van der Waals surface area contributed by atoms with Crippen LogP contribution >= 0.6 is 11.6 Å². The molecule has 0 aliphatic carbocycles. The highest BCUT2D eigenvalue weighted by molar-refractivity contribution is 6.30. The third kappa shape index (κ3) is 2.98. The molecule has 2 aromatic rings. The van der Waals surface area contributed by atoms with Crippen LogP contribution in [0.25, 0.3) is 11.3 Å². The molecule has 2 aliphatic rings. The van der Waals surface area contributed by atoms with Crippen molar-refractivity contribution >= 4 is 23.4 Å². The molecule has 6 nitrogen and oxygen atoms in total. The summed E-state index contributed by atoms with van der Waals surface area (Å²) in [7, 11) is 0. The van der Waals surface area contributed by atoms with Crippen LogP contribution in [0.15, 0.2) is 24.3 Å². The van der Waals surface area contributed by atoms with Crippen molar-refractivity contribution in [3.8, 4) is 11.3 Å². The highest BCUT2D eigenvalue weighted by atomic mass is 35.5. The fraction of sp³-hybridized carbons (Fsp3) is 0.421. The minimum atomic E-state index is -0.320. The average Bonchev–Trinajstić information content (AvgIpc) is 3.28. The van der Waals surface area contributed by atoms with Crippen molar-refractivity contribution in [1.82, 2.24) is 20.0 Å². The summed E-state index contributed by atoms with van der Waals surface area (Å²) in [6.07, 6.45) is 2.38. The summed E-state index contributed by atoms with van der Waals surface area (Å²) in [4.78, 5) is 28.4. The first-order valence-corrected chi connectivity index (χ1v) is 9.30. The Balaban J connectivity index is 1.58. The third-order valence-electron chi connectivity index (χ3n) is 5.31. The topological polar surface area (TPSA) is 69.3 Å². The van der Waals surface area contributed by atoms with Gasteiger partial charge in [-0.15, -0.1) is 0 Å². The van der Waals surface area contributed by atoms with Crippen molar-refractivity contribution in [1.29, 1.82) is 0 Å². The number of nitrogens with zero attached hydrogens (tertiary/aromatic N) is 3. The summed E-state index contributed by atoms with van der Waals surface area (Å²) in [5.41, 5.74) is 3.98. The molecule has 1 saturated heterocycles. The highest BCUT2D eigenvalue weighted by Crippen LogP contribution is 2.30. The molecule has 1 N–H and O–H groups in total. The lowest BCUT2D eigenvalue weighted by Crippen LogP contribution is -2.48. The van der Waals surface area contributed by atoms with Crippen molar-refractivity contribution in [3.63, 3.8) is 0 Å². The number of carbonyl (C=O) groups is 2. The molecule has 1 unspecified atom stereocenters. The molecule has 2 aliphatic heterocycles. The van der Waals surface area contributed by atoms with Crippen molar-refractivity contribution in [3.05, 3.63) is 40.5 Å². The number of aromatic nitrogens is 2. The minimum absolute atomic E-state index is 0.0243. The maximum absolute atomic E-state index is 13.0. The van der Waals surface area contributed by atoms with Gasteiger partial charge in [0, 0.05) is 54.8 Å². The quantitative estimate of drug-likeness (QED) is 0.881. The zero-order chi connectivity index (χ0) is 18.3. The Labute approximate surface area is 157 Å². The van der Waals surface area contributed by atoms with Crippen LogP contribution in [0.3, 0.4) is 0 Å². The Bertz CT molecular complexity index is 846. The normalized spacial score (nSPS) is 19.5. The number of benzene rings is 1. The number of aromatic amines is 1. The molecule has 1 aromatic heterocycles. The fourth-order valence-electron chi connectivity index (χ4n) is 3.94. The molecule has 1 fully saturated rings. The first-order valence-electron chi connectivity index (χ1n) is 8.92. The predicted molar refractivity (Wildman–Crippen MR) is 98.6 cm³/mol. The Morgan fingerprint density at radius 2 is 2.00 bits per heavy atom. The van der Waals surface area contributed by atoms with E-state index in [1.807, 2.05) is 29.2 Å². The summed E-state index contributed by atoms with van der Waals surface area (Å²) in [5, 5.41) is 8.25. The van der Waals surface area contributed by atoms with E-state index in [-0.39, 0.29) is 17.9 Å². The molecule has 3 heterocycles. The van der Waals surface area contributed by atoms with Crippen molar-refractivity contribution in [2.75, 3.05) is 13.1 Å². The van der Waals surface area contributed by atoms with Crippen LogP contribution in [-0.4, -0.2) is 50.9 Å². The van der Waals surface area contributed by atoms with Gasteiger partial charge in [0.2, 0.25) is 11.8 Å². The molecule has 1 aromatic carbocycles. The third-order valence-corrected chi connectivity index (χ3v) is 5.56. The molecule has 1 atom stereocenters. The lowest BCUT2D eigenvalue weighted by Gasteiger charge is -2.32. The maximum atomic E-state index is 13.0. The van der Waals surface area contributed by atoms with Crippen LogP contribution in [-0.2, 0) is 22.6 Å². The number of rotatable bonds is 2. The second-order valence-corrected chi connectivity index (χ2v) is 7.35. The summed E-state index contributed by atoms with van der Waals surface area (Å²) >= 11 is 5.98. The predicted octanol–water partition coefficient (Wildman–Crippen LogP) is 2.63. The zero-order valence-corrected chi connectivity index (χ0v) is 15.4. The number of likely N-dealkylation sites (tertiary alicyclic amines) is 1. The fourth-order valence-corrected chi connectivity index (χ4v) is 4.07. The van der Waals surface area contributed by atoms with Gasteiger partial charge in [0.15, 0.2) is 0 Å². The first-order chi connectivity index (χ1) is 12.5. The van der Waals surface area contributed by atoms with Gasteiger partial charge < -0.3 is 9.80 Å². The molecule has 4 rings (SSSR count). The van der Waals surface area contributed by atoms with Crippen molar-refractivity contribution in [2.24, 2.45) is 0 Å². The Morgan fingerprint density at radius 3 is 2.73 bits per heavy atom. The van der Waals surface area contributed by atoms with Gasteiger partial charge in [0.1, 0.15) is 6.04 Å². The first kappa shape index (κ1) is 17.1. The zero-order valence-electron chi connectivity index (χ0n) is 14.7. The van der Waals surface area contributed by atoms with Crippen LogP contribution in [0.4, 0.5) is 0 Å². The molecular weight excluding hydrogens is 352 g/mol. The SMILES string of the molecule is CC(=O)N1CCCC1C(=O)N1CCc2[nH]nc(-c3ccc(Cl)cc3)c2C1. The average molecular weight is 373 g/mol. The standard InChI is InChI=1S/C19H21ClN4O2/c1-12(25)24-9-2-3-17(24)19(26)23-10-8-16-15(11-23)18(22-21-16)13-4-6-14(20)7-5-13/h4-7,17H,2-3,8-11H2,1H3,(H,21,22). The van der Waals surface area contributed by atoms with Crippen LogP contribution in [0.2, 0.25) is 5.02 Å². The number of halogens is 1. The maximum Gasteiger partial charge on any atom is 0.245 e. The highest BCUT2D eigenvalue weighted by Gasteiger charge is 2.36. The van der Waals surface area contributed by atoms with Gasteiger partial charge in [-0.2, -0.15) is 5.10 Å². The Kier molecular flexibility index (Phi) is 4.44. The molecule has 0 spiro atoms. The van der Waals surface area contributed by atoms with Gasteiger partial charge in [-0.25, -0.2) is 0 Å². The van der Waals surface area contributed by atoms with Gasteiger partial charge >= 0.3 is 0 Å². The Hall–Kier alpha value is -2.34. The summed E-state index contributed by atoms with van der Waals surface area (Å²) in [5.74, 6) is 0.0234. The minimum Gasteiger partial charge on any atom is -0.336 e. The van der Waals surface area contributed by atoms with Crippen LogP contribution in [0, 0.1) is 0 Å². The smallest absolute Gasteiger partial charge is 0.245 e. The monoisotopic (exact) mass is 372 g/mol. The molecular formula is C19H21ClN4O2. The van der Waals surface area contributed by atoms with E-state index in [1.165, 1.54) is 6.92 Å². The van der Waals surface area contributed by atoms with E-state index in [4.69, 9.17) is 11.6 Å². The number of nitrogens with one attached hydrogen (secondary N) is 1. The second-order valence-electron chi connectivity index (χ2n) is 6.92. The second kappa shape index (κ2) is 6.76. The molecule has 0 radical (unpaired) electrons. The van der Waals surface area contributed by atoms with Crippen LogP contribution in [0.1, 0.15) is 31.0 Å². The molecule has 136 valence electrons. The van der Waals surface area contributed by atoms with E-state index in [9.17, 15) is 9.59 Å². The largest absolute Gasteiger partial charge is 0.336 e. The number of hydrogen-bond donors (Lipinski definition) is 1. The van der Waals surface area contributed by atoms with E-state index >= 15 is 0 Å². The van der Waals surface area contributed by atoms with Gasteiger partial charge in [-0.1, -0.05) is 23.7 Å². The van der Waals surface area contributed by atoms with E-state index in [0.717, 1.165) is 41.8 Å². The summed E-state index contributed by atoms with van der Waals surface area (Å²) in [6, 6.07) is 7.24. The molecule has 2 amide bonds. The van der Waals surface area contributed by atoms with Gasteiger partial charge in [0.25, 0.3) is 0 Å². The van der Waals surface area contributed by atoms with Crippen molar-refractivity contribution < 1.29 is 9.59 Å². The van der Waals surface area contributed by atoms with Crippen LogP contribution < -0.4 is 0 Å². The lowest BCUT2D eigenvalue weighted by atomic mass is 10.00. The van der Waals surface area contributed by atoms with E-state index in [0.29, 0.717) is 24.7 Å². The van der Waals surface area contributed by atoms with Gasteiger partial charge in [0.05, 0.1) is 5.69 Å². The molecule has 0 saturated carbocycles.